The third-order valence-corrected chi connectivity index (χ3v) is 10.8. The van der Waals surface area contributed by atoms with E-state index < -0.39 is 35.8 Å². The van der Waals surface area contributed by atoms with Crippen molar-refractivity contribution in [2.45, 2.75) is 98.5 Å². The van der Waals surface area contributed by atoms with Crippen LogP contribution in [0, 0.1) is 0 Å². The summed E-state index contributed by atoms with van der Waals surface area (Å²) >= 11 is 3.49. The lowest BCUT2D eigenvalue weighted by atomic mass is 10.0. The third-order valence-electron chi connectivity index (χ3n) is 7.83. The van der Waals surface area contributed by atoms with Gasteiger partial charge in [0.25, 0.3) is 0 Å². The number of imide groups is 1. The average molecular weight is 602 g/mol. The van der Waals surface area contributed by atoms with Crippen molar-refractivity contribution in [3.8, 4) is 0 Å². The maximum absolute atomic E-state index is 11.7. The molecule has 40 heavy (non-hydrogen) atoms. The van der Waals surface area contributed by atoms with Crippen LogP contribution in [0.3, 0.4) is 0 Å². The topological polar surface area (TPSA) is 206 Å². The molecule has 222 valence electrons. The number of urea groups is 2. The first-order valence-corrected chi connectivity index (χ1v) is 15.5. The number of carboxylic acids is 2. The highest BCUT2D eigenvalue weighted by molar-refractivity contribution is 8.00. The zero-order valence-corrected chi connectivity index (χ0v) is 23.5. The van der Waals surface area contributed by atoms with E-state index in [2.05, 4.69) is 16.0 Å². The number of hydroxylamine groups is 2. The number of nitrogens with one attached hydrogen (secondary N) is 3. The Hall–Kier alpha value is -2.72. The predicted octanol–water partition coefficient (Wildman–Crippen LogP) is 0.823. The summed E-state index contributed by atoms with van der Waals surface area (Å²) in [5.74, 6) is -1.18. The number of nitrogens with zero attached hydrogens (tertiary/aromatic N) is 2. The van der Waals surface area contributed by atoms with E-state index in [1.165, 1.54) is 0 Å². The monoisotopic (exact) mass is 601 g/mol. The maximum atomic E-state index is 11.7. The first-order chi connectivity index (χ1) is 19.1. The van der Waals surface area contributed by atoms with Crippen LogP contribution < -0.4 is 16.0 Å². The minimum atomic E-state index is -1.17. The molecule has 6 amide bonds. The smallest absolute Gasteiger partial charge is 0.341 e. The van der Waals surface area contributed by atoms with Gasteiger partial charge >= 0.3 is 24.0 Å². The van der Waals surface area contributed by atoms with Crippen LogP contribution in [0.15, 0.2) is 0 Å². The van der Waals surface area contributed by atoms with Crippen molar-refractivity contribution in [2.75, 3.05) is 11.5 Å². The number of thioether (sulfide) groups is 2. The number of carbonyl (C=O) groups excluding carboxylic acids is 4. The maximum Gasteiger partial charge on any atom is 0.341 e. The van der Waals surface area contributed by atoms with E-state index in [0.29, 0.717) is 23.8 Å². The molecular weight excluding hydrogens is 566 g/mol. The second kappa shape index (κ2) is 13.3. The molecule has 0 saturated carbocycles. The van der Waals surface area contributed by atoms with Gasteiger partial charge in [-0.2, -0.15) is 23.5 Å². The van der Waals surface area contributed by atoms with Crippen molar-refractivity contribution in [3.63, 3.8) is 0 Å². The summed E-state index contributed by atoms with van der Waals surface area (Å²) in [7, 11) is 0. The van der Waals surface area contributed by atoms with Crippen LogP contribution in [-0.4, -0.2) is 113 Å². The normalized spacial score (nSPS) is 31.2. The van der Waals surface area contributed by atoms with E-state index in [1.807, 2.05) is 11.8 Å². The number of rotatable bonds is 11. The zero-order valence-electron chi connectivity index (χ0n) is 21.8. The molecule has 6 N–H and O–H groups in total. The van der Waals surface area contributed by atoms with Crippen LogP contribution in [0.1, 0.15) is 57.8 Å². The van der Waals surface area contributed by atoms with Gasteiger partial charge in [-0.05, 0) is 32.1 Å². The zero-order chi connectivity index (χ0) is 29.0. The predicted molar refractivity (Wildman–Crippen MR) is 144 cm³/mol. The number of unbranched alkanes of at least 4 members (excludes halogenated alkanes) is 1. The molecule has 1 unspecified atom stereocenters. The molecular formula is C24H35N5O9S2. The Balaban J connectivity index is 0.000000201. The SMILES string of the molecule is O=C(O)C(CCC[C@@H]1SC[C@H]2[C@@H]1NC(=O)N2O)N1C(=O)CCC1=O.O=C(O)CCCC[C@@H]1SC[C@@H]2NC(=O)N[C@@H]21. The Kier molecular flexibility index (Phi) is 10.1. The van der Waals surface area contributed by atoms with Gasteiger partial charge in [0.1, 0.15) is 6.04 Å². The molecule has 5 fully saturated rings. The van der Waals surface area contributed by atoms with Crippen LogP contribution in [-0.2, 0) is 19.2 Å². The quantitative estimate of drug-likeness (QED) is 0.0846. The van der Waals surface area contributed by atoms with E-state index >= 15 is 0 Å². The molecule has 0 radical (unpaired) electrons. The molecule has 0 spiro atoms. The lowest BCUT2D eigenvalue weighted by Gasteiger charge is -2.23. The van der Waals surface area contributed by atoms with Crippen molar-refractivity contribution in [1.29, 1.82) is 0 Å². The molecule has 5 saturated heterocycles. The molecule has 5 rings (SSSR count). The summed E-state index contributed by atoms with van der Waals surface area (Å²) in [6.07, 6.45) is 4.37. The van der Waals surface area contributed by atoms with Crippen LogP contribution in [0.5, 0.6) is 0 Å². The van der Waals surface area contributed by atoms with Gasteiger partial charge in [-0.1, -0.05) is 6.42 Å². The van der Waals surface area contributed by atoms with Crippen molar-refractivity contribution >= 4 is 59.3 Å². The van der Waals surface area contributed by atoms with Gasteiger partial charge in [-0.3, -0.25) is 24.5 Å². The Morgan fingerprint density at radius 1 is 0.875 bits per heavy atom. The third kappa shape index (κ3) is 6.94. The van der Waals surface area contributed by atoms with E-state index in [0.717, 1.165) is 35.0 Å². The van der Waals surface area contributed by atoms with Crippen molar-refractivity contribution in [2.24, 2.45) is 0 Å². The molecule has 5 aliphatic rings. The molecule has 16 heteroatoms. The van der Waals surface area contributed by atoms with E-state index in [4.69, 9.17) is 5.11 Å². The summed E-state index contributed by atoms with van der Waals surface area (Å²) in [6.45, 7) is 0. The summed E-state index contributed by atoms with van der Waals surface area (Å²) in [4.78, 5) is 68.7. The second-order valence-corrected chi connectivity index (χ2v) is 13.0. The highest BCUT2D eigenvalue weighted by atomic mass is 32.2. The minimum absolute atomic E-state index is 0.0640. The van der Waals surface area contributed by atoms with Crippen LogP contribution >= 0.6 is 23.5 Å². The Labute approximate surface area is 239 Å². The number of likely N-dealkylation sites (tertiary alicyclic amines) is 1. The number of amides is 6. The molecule has 0 bridgehead atoms. The minimum Gasteiger partial charge on any atom is -0.481 e. The summed E-state index contributed by atoms with van der Waals surface area (Å²) in [5, 5.41) is 37.3. The first-order valence-electron chi connectivity index (χ1n) is 13.4. The fourth-order valence-electron chi connectivity index (χ4n) is 5.79. The Morgan fingerprint density at radius 3 is 2.20 bits per heavy atom. The molecule has 7 atom stereocenters. The number of aliphatic carboxylic acids is 2. The van der Waals surface area contributed by atoms with Crippen molar-refractivity contribution in [3.05, 3.63) is 0 Å². The highest BCUT2D eigenvalue weighted by Crippen LogP contribution is 2.36. The van der Waals surface area contributed by atoms with Crippen molar-refractivity contribution < 1.29 is 44.2 Å². The summed E-state index contributed by atoms with van der Waals surface area (Å²) < 4.78 is 0. The summed E-state index contributed by atoms with van der Waals surface area (Å²) in [5.41, 5.74) is 0. The van der Waals surface area contributed by atoms with Gasteiger partial charge in [-0.25, -0.2) is 19.4 Å². The second-order valence-electron chi connectivity index (χ2n) is 10.5. The van der Waals surface area contributed by atoms with E-state index in [1.54, 1.807) is 11.8 Å². The lowest BCUT2D eigenvalue weighted by molar-refractivity contribution is -0.154. The number of hydrogen-bond donors (Lipinski definition) is 6. The van der Waals surface area contributed by atoms with Gasteiger partial charge in [0.15, 0.2) is 0 Å². The lowest BCUT2D eigenvalue weighted by Crippen LogP contribution is -2.44. The standard InChI is InChI=1S/C14H19N3O6S.C10H16N2O3S/c18-10-4-5-11(19)16(10)7(13(20)21)2-1-3-9-12-8(6-24-9)17(23)14(22)15-12;13-8(14)4-2-1-3-7-9-6(5-16-7)11-10(15)12-9/h7-9,12,23H,1-6H2,(H,15,22)(H,20,21);6-7,9H,1-5H2,(H,13,14)(H2,11,12,15)/t7?,8-,9-,12-;6-,7-,9-/m00/s1. The number of carbonyl (C=O) groups is 6. The molecule has 0 aliphatic carbocycles. The van der Waals surface area contributed by atoms with Crippen LogP contribution in [0.2, 0.25) is 0 Å². The Morgan fingerprint density at radius 2 is 1.52 bits per heavy atom. The molecule has 0 aromatic rings. The van der Waals surface area contributed by atoms with Gasteiger partial charge < -0.3 is 26.2 Å². The van der Waals surface area contributed by atoms with Gasteiger partial charge in [0, 0.05) is 41.3 Å². The molecule has 0 aromatic carbocycles. The van der Waals surface area contributed by atoms with Gasteiger partial charge in [-0.15, -0.1) is 0 Å². The number of hydrogen-bond acceptors (Lipinski definition) is 9. The van der Waals surface area contributed by atoms with Gasteiger partial charge in [0.2, 0.25) is 11.8 Å². The molecule has 0 aromatic heterocycles. The molecule has 5 heterocycles. The fraction of sp³-hybridized carbons (Fsp3) is 0.750. The fourth-order valence-corrected chi connectivity index (χ4v) is 8.92. The van der Waals surface area contributed by atoms with E-state index in [9.17, 15) is 39.1 Å². The van der Waals surface area contributed by atoms with Gasteiger partial charge in [0.05, 0.1) is 24.2 Å². The van der Waals surface area contributed by atoms with E-state index in [-0.39, 0.29) is 61.1 Å². The summed E-state index contributed by atoms with van der Waals surface area (Å²) in [6, 6.07) is -1.61. The highest BCUT2D eigenvalue weighted by Gasteiger charge is 2.48. The van der Waals surface area contributed by atoms with Crippen LogP contribution in [0.25, 0.3) is 0 Å². The molecule has 5 aliphatic heterocycles. The Bertz CT molecular complexity index is 1020. The molecule has 14 nitrogen and oxygen atoms in total. The van der Waals surface area contributed by atoms with Crippen LogP contribution in [0.4, 0.5) is 9.59 Å². The number of fused-ring (bicyclic) bond motifs is 2. The van der Waals surface area contributed by atoms with Crippen molar-refractivity contribution in [1.82, 2.24) is 25.9 Å². The number of carboxylic acid groups (broad SMARTS) is 2. The first kappa shape index (κ1) is 30.2. The largest absolute Gasteiger partial charge is 0.481 e. The average Bonchev–Trinajstić information content (AvgIpc) is 3.68.